The molecule has 0 spiro atoms. The Bertz CT molecular complexity index is 843. The Morgan fingerprint density at radius 3 is 2.27 bits per heavy atom. The minimum atomic E-state index is -4.82. The van der Waals surface area contributed by atoms with Crippen molar-refractivity contribution >= 4 is 40.7 Å². The summed E-state index contributed by atoms with van der Waals surface area (Å²) < 4.78 is 66.4. The number of hydrogen-bond acceptors (Lipinski definition) is 2. The number of carbonyl (C=O) groups excluding carboxylic acids is 1. The maximum absolute atomic E-state index is 14.2. The molecule has 0 radical (unpaired) electrons. The van der Waals surface area contributed by atoms with Crippen LogP contribution in [0, 0.1) is 0 Å². The van der Waals surface area contributed by atoms with Gasteiger partial charge in [-0.3, -0.25) is 9.78 Å². The van der Waals surface area contributed by atoms with E-state index in [1.165, 1.54) is 6.07 Å². The van der Waals surface area contributed by atoms with E-state index in [0.29, 0.717) is 12.3 Å². The van der Waals surface area contributed by atoms with Crippen molar-refractivity contribution in [2.24, 2.45) is 0 Å². The lowest BCUT2D eigenvalue weighted by atomic mass is 10.1. The van der Waals surface area contributed by atoms with Crippen LogP contribution in [0.15, 0.2) is 30.5 Å². The second kappa shape index (κ2) is 7.54. The quantitative estimate of drug-likeness (QED) is 0.640. The topological polar surface area (TPSA) is 42.0 Å². The van der Waals surface area contributed by atoms with E-state index in [1.54, 1.807) is 0 Å². The predicted molar refractivity (Wildman–Crippen MR) is 86.9 cm³/mol. The number of nitrogens with zero attached hydrogens (tertiary/aromatic N) is 1. The zero-order chi connectivity index (χ0) is 19.7. The fourth-order valence-electron chi connectivity index (χ4n) is 1.94. The molecule has 0 saturated carbocycles. The molecule has 2 rings (SSSR count). The van der Waals surface area contributed by atoms with Gasteiger partial charge in [0, 0.05) is 16.8 Å². The zero-order valence-electron chi connectivity index (χ0n) is 12.5. The number of benzene rings is 1. The first-order valence-electron chi connectivity index (χ1n) is 6.76. The summed E-state index contributed by atoms with van der Waals surface area (Å²) in [6.07, 6.45) is -4.20. The fourth-order valence-corrected chi connectivity index (χ4v) is 2.67. The molecule has 1 N–H and O–H groups in total. The molecule has 1 aromatic heterocycles. The number of alkyl halides is 5. The summed E-state index contributed by atoms with van der Waals surface area (Å²) in [4.78, 5) is 15.0. The smallest absolute Gasteiger partial charge is 0.346 e. The van der Waals surface area contributed by atoms with Gasteiger partial charge in [-0.25, -0.2) is 0 Å². The maximum Gasteiger partial charge on any atom is 0.433 e. The number of rotatable bonds is 4. The highest BCUT2D eigenvalue weighted by Gasteiger charge is 2.36. The summed E-state index contributed by atoms with van der Waals surface area (Å²) in [5.74, 6) is -4.81. The van der Waals surface area contributed by atoms with Crippen molar-refractivity contribution in [3.63, 3.8) is 0 Å². The van der Waals surface area contributed by atoms with Crippen molar-refractivity contribution in [2.75, 3.05) is 6.54 Å². The Labute approximate surface area is 159 Å². The molecule has 0 atom stereocenters. The van der Waals surface area contributed by atoms with Crippen LogP contribution in [0.1, 0.15) is 21.6 Å². The first kappa shape index (κ1) is 20.7. The standard InChI is InChI=1S/C15H8Cl3F5N2O/c16-7-1-2-9(10(17)3-7)14(19,20)6-25-13(26)8-4-12(15(21,22)23)24-5-11(8)18/h1-5H,6H2,(H,25,26). The lowest BCUT2D eigenvalue weighted by Crippen LogP contribution is -2.35. The molecule has 26 heavy (non-hydrogen) atoms. The van der Waals surface area contributed by atoms with Gasteiger partial charge in [0.05, 0.1) is 22.2 Å². The van der Waals surface area contributed by atoms with Crippen LogP contribution < -0.4 is 5.32 Å². The van der Waals surface area contributed by atoms with Crippen LogP contribution in [0.4, 0.5) is 22.0 Å². The molecule has 0 unspecified atom stereocenters. The second-order valence-electron chi connectivity index (χ2n) is 5.06. The van der Waals surface area contributed by atoms with E-state index in [9.17, 15) is 26.7 Å². The highest BCUT2D eigenvalue weighted by molar-refractivity contribution is 6.35. The Morgan fingerprint density at radius 1 is 1.04 bits per heavy atom. The molecule has 0 aliphatic rings. The van der Waals surface area contributed by atoms with E-state index < -0.39 is 46.4 Å². The number of amides is 1. The van der Waals surface area contributed by atoms with E-state index in [1.807, 2.05) is 5.32 Å². The van der Waals surface area contributed by atoms with Gasteiger partial charge in [0.15, 0.2) is 0 Å². The van der Waals surface area contributed by atoms with Crippen LogP contribution >= 0.6 is 34.8 Å². The van der Waals surface area contributed by atoms with E-state index in [2.05, 4.69) is 4.98 Å². The van der Waals surface area contributed by atoms with Crippen LogP contribution in [-0.2, 0) is 12.1 Å². The van der Waals surface area contributed by atoms with Crippen molar-refractivity contribution in [1.82, 2.24) is 10.3 Å². The maximum atomic E-state index is 14.2. The molecule has 1 amide bonds. The van der Waals surface area contributed by atoms with Crippen molar-refractivity contribution in [1.29, 1.82) is 0 Å². The van der Waals surface area contributed by atoms with Crippen LogP contribution in [0.2, 0.25) is 15.1 Å². The van der Waals surface area contributed by atoms with Gasteiger partial charge in [-0.15, -0.1) is 0 Å². The highest BCUT2D eigenvalue weighted by Crippen LogP contribution is 2.35. The van der Waals surface area contributed by atoms with Crippen molar-refractivity contribution < 1.29 is 26.7 Å². The third kappa shape index (κ3) is 4.75. The first-order chi connectivity index (χ1) is 11.9. The molecule has 11 heteroatoms. The fraction of sp³-hybridized carbons (Fsp3) is 0.200. The number of hydrogen-bond donors (Lipinski definition) is 1. The molecular formula is C15H8Cl3F5N2O. The number of aromatic nitrogens is 1. The van der Waals surface area contributed by atoms with Crippen LogP contribution in [-0.4, -0.2) is 17.4 Å². The van der Waals surface area contributed by atoms with Crippen LogP contribution in [0.25, 0.3) is 0 Å². The van der Waals surface area contributed by atoms with Gasteiger partial charge in [-0.1, -0.05) is 34.8 Å². The number of halogens is 8. The van der Waals surface area contributed by atoms with E-state index >= 15 is 0 Å². The van der Waals surface area contributed by atoms with Crippen molar-refractivity contribution in [3.8, 4) is 0 Å². The number of carbonyl (C=O) groups is 1. The Balaban J connectivity index is 2.20. The van der Waals surface area contributed by atoms with Gasteiger partial charge < -0.3 is 5.32 Å². The van der Waals surface area contributed by atoms with E-state index in [-0.39, 0.29) is 10.0 Å². The van der Waals surface area contributed by atoms with Gasteiger partial charge in [0.25, 0.3) is 11.8 Å². The first-order valence-corrected chi connectivity index (χ1v) is 7.89. The molecule has 0 saturated heterocycles. The van der Waals surface area contributed by atoms with Crippen LogP contribution in [0.3, 0.4) is 0 Å². The lowest BCUT2D eigenvalue weighted by Gasteiger charge is -2.19. The third-order valence-corrected chi connectivity index (χ3v) is 4.04. The largest absolute Gasteiger partial charge is 0.433 e. The molecule has 3 nitrogen and oxygen atoms in total. The van der Waals surface area contributed by atoms with Crippen molar-refractivity contribution in [3.05, 3.63) is 62.4 Å². The monoisotopic (exact) mass is 432 g/mol. The zero-order valence-corrected chi connectivity index (χ0v) is 14.7. The van der Waals surface area contributed by atoms with E-state index in [0.717, 1.165) is 12.1 Å². The van der Waals surface area contributed by atoms with Gasteiger partial charge >= 0.3 is 6.18 Å². The van der Waals surface area contributed by atoms with Gasteiger partial charge in [-0.05, 0) is 24.3 Å². The molecule has 0 fully saturated rings. The molecule has 0 aliphatic carbocycles. The van der Waals surface area contributed by atoms with Gasteiger partial charge in [0.2, 0.25) is 0 Å². The van der Waals surface area contributed by atoms with Crippen LogP contribution in [0.5, 0.6) is 0 Å². The summed E-state index contributed by atoms with van der Waals surface area (Å²) in [6.45, 7) is -1.22. The highest BCUT2D eigenvalue weighted by atomic mass is 35.5. The Kier molecular flexibility index (Phi) is 5.99. The minimum absolute atomic E-state index is 0.141. The predicted octanol–water partition coefficient (Wildman–Crippen LogP) is 5.58. The van der Waals surface area contributed by atoms with Gasteiger partial charge in [0.1, 0.15) is 5.69 Å². The SMILES string of the molecule is O=C(NCC(F)(F)c1ccc(Cl)cc1Cl)c1cc(C(F)(F)F)ncc1Cl. The molecular weight excluding hydrogens is 426 g/mol. The Hall–Kier alpha value is -1.64. The van der Waals surface area contributed by atoms with Gasteiger partial charge in [-0.2, -0.15) is 22.0 Å². The number of nitrogens with one attached hydrogen (secondary N) is 1. The van der Waals surface area contributed by atoms with E-state index in [4.69, 9.17) is 34.8 Å². The average molecular weight is 434 g/mol. The molecule has 1 aromatic carbocycles. The summed E-state index contributed by atoms with van der Waals surface area (Å²) in [7, 11) is 0. The molecule has 0 bridgehead atoms. The number of pyridine rings is 1. The second-order valence-corrected chi connectivity index (χ2v) is 6.31. The summed E-state index contributed by atoms with van der Waals surface area (Å²) in [5, 5.41) is 1.24. The molecule has 0 aliphatic heterocycles. The lowest BCUT2D eigenvalue weighted by molar-refractivity contribution is -0.141. The minimum Gasteiger partial charge on any atom is -0.346 e. The Morgan fingerprint density at radius 2 is 1.69 bits per heavy atom. The van der Waals surface area contributed by atoms with Crippen molar-refractivity contribution in [2.45, 2.75) is 12.1 Å². The molecule has 2 aromatic rings. The molecule has 1 heterocycles. The summed E-state index contributed by atoms with van der Waals surface area (Å²) >= 11 is 17.0. The average Bonchev–Trinajstić information content (AvgIpc) is 2.51. The summed E-state index contributed by atoms with van der Waals surface area (Å²) in [6, 6.07) is 3.65. The third-order valence-electron chi connectivity index (χ3n) is 3.19. The summed E-state index contributed by atoms with van der Waals surface area (Å²) in [5.41, 5.74) is -2.60. The molecule has 140 valence electrons. The normalized spacial score (nSPS) is 12.2.